The van der Waals surface area contributed by atoms with Crippen LogP contribution in [-0.4, -0.2) is 24.2 Å². The van der Waals surface area contributed by atoms with E-state index in [1.807, 2.05) is 32.0 Å². The van der Waals surface area contributed by atoms with E-state index in [0.717, 1.165) is 5.56 Å². The highest BCUT2D eigenvalue weighted by Crippen LogP contribution is 2.22. The fourth-order valence-electron chi connectivity index (χ4n) is 2.09. The summed E-state index contributed by atoms with van der Waals surface area (Å²) in [5.74, 6) is 1.48. The molecule has 0 saturated carbocycles. The molecule has 1 aromatic heterocycles. The lowest BCUT2D eigenvalue weighted by Gasteiger charge is -2.21. The van der Waals surface area contributed by atoms with E-state index in [-0.39, 0.29) is 19.1 Å². The summed E-state index contributed by atoms with van der Waals surface area (Å²) in [6, 6.07) is 9.15. The fraction of sp³-hybridized carbons (Fsp3) is 0.389. The largest absolute Gasteiger partial charge is 0.484 e. The van der Waals surface area contributed by atoms with Gasteiger partial charge in [-0.25, -0.2) is 0 Å². The number of carbonyl (C=O) groups is 1. The Morgan fingerprint density at radius 1 is 1.22 bits per heavy atom. The predicted molar refractivity (Wildman–Crippen MR) is 87.4 cm³/mol. The molecule has 0 saturated heterocycles. The molecule has 5 heteroatoms. The summed E-state index contributed by atoms with van der Waals surface area (Å²) in [5.41, 5.74) is 1.02. The Balaban J connectivity index is 1.84. The molecule has 0 bridgehead atoms. The Morgan fingerprint density at radius 3 is 2.57 bits per heavy atom. The predicted octanol–water partition coefficient (Wildman–Crippen LogP) is 2.61. The SMILES string of the molecule is Cc1ccc(C(C)(O)CNC(=O)COc2ccc(C)c(C)c2)o1. The standard InChI is InChI=1S/C18H23NO4/c1-12-5-7-15(9-13(12)2)22-10-17(20)19-11-18(4,21)16-8-6-14(3)23-16/h5-9,21H,10-11H2,1-4H3,(H,19,20). The molecule has 0 aliphatic rings. The van der Waals surface area contributed by atoms with Crippen molar-refractivity contribution in [2.75, 3.05) is 13.2 Å². The topological polar surface area (TPSA) is 71.7 Å². The lowest BCUT2D eigenvalue weighted by Crippen LogP contribution is -2.40. The van der Waals surface area contributed by atoms with Crippen LogP contribution in [0, 0.1) is 20.8 Å². The molecule has 2 N–H and O–H groups in total. The lowest BCUT2D eigenvalue weighted by molar-refractivity contribution is -0.124. The zero-order valence-electron chi connectivity index (χ0n) is 14.0. The molecule has 1 atom stereocenters. The van der Waals surface area contributed by atoms with E-state index in [0.29, 0.717) is 17.3 Å². The van der Waals surface area contributed by atoms with E-state index in [4.69, 9.17) is 9.15 Å². The number of furan rings is 1. The maximum Gasteiger partial charge on any atom is 0.258 e. The first-order valence-electron chi connectivity index (χ1n) is 7.54. The van der Waals surface area contributed by atoms with Crippen molar-refractivity contribution in [1.29, 1.82) is 0 Å². The number of rotatable bonds is 6. The minimum atomic E-state index is -1.26. The molecule has 2 aromatic rings. The van der Waals surface area contributed by atoms with E-state index in [1.165, 1.54) is 5.56 Å². The summed E-state index contributed by atoms with van der Waals surface area (Å²) in [6.07, 6.45) is 0. The van der Waals surface area contributed by atoms with Gasteiger partial charge in [0.25, 0.3) is 5.91 Å². The van der Waals surface area contributed by atoms with Crippen LogP contribution in [0.25, 0.3) is 0 Å². The normalized spacial score (nSPS) is 13.4. The fourth-order valence-corrected chi connectivity index (χ4v) is 2.09. The van der Waals surface area contributed by atoms with Gasteiger partial charge in [-0.1, -0.05) is 6.07 Å². The summed E-state index contributed by atoms with van der Waals surface area (Å²) in [7, 11) is 0. The monoisotopic (exact) mass is 317 g/mol. The molecule has 23 heavy (non-hydrogen) atoms. The average molecular weight is 317 g/mol. The van der Waals surface area contributed by atoms with Crippen LogP contribution < -0.4 is 10.1 Å². The quantitative estimate of drug-likeness (QED) is 0.859. The van der Waals surface area contributed by atoms with Gasteiger partial charge in [-0.3, -0.25) is 4.79 Å². The number of aliphatic hydroxyl groups is 1. The van der Waals surface area contributed by atoms with E-state index < -0.39 is 5.60 Å². The van der Waals surface area contributed by atoms with Crippen molar-refractivity contribution >= 4 is 5.91 Å². The second kappa shape index (κ2) is 6.87. The smallest absolute Gasteiger partial charge is 0.258 e. The van der Waals surface area contributed by atoms with E-state index in [2.05, 4.69) is 5.32 Å². The molecule has 124 valence electrons. The van der Waals surface area contributed by atoms with Crippen molar-refractivity contribution in [2.24, 2.45) is 0 Å². The molecule has 0 aliphatic heterocycles. The number of hydrogen-bond acceptors (Lipinski definition) is 4. The van der Waals surface area contributed by atoms with Crippen molar-refractivity contribution in [3.63, 3.8) is 0 Å². The Hall–Kier alpha value is -2.27. The molecular formula is C18H23NO4. The van der Waals surface area contributed by atoms with E-state index in [9.17, 15) is 9.90 Å². The van der Waals surface area contributed by atoms with Crippen molar-refractivity contribution in [2.45, 2.75) is 33.3 Å². The van der Waals surface area contributed by atoms with Crippen molar-refractivity contribution in [3.8, 4) is 5.75 Å². The molecule has 0 spiro atoms. The molecule has 1 aromatic carbocycles. The van der Waals surface area contributed by atoms with Gasteiger partial charge in [0.05, 0.1) is 6.54 Å². The first-order valence-corrected chi connectivity index (χ1v) is 7.54. The summed E-state index contributed by atoms with van der Waals surface area (Å²) in [5, 5.41) is 13.0. The third kappa shape index (κ3) is 4.60. The summed E-state index contributed by atoms with van der Waals surface area (Å²) in [4.78, 5) is 11.9. The molecule has 1 unspecified atom stereocenters. The van der Waals surface area contributed by atoms with Gasteiger partial charge < -0.3 is 19.6 Å². The minimum Gasteiger partial charge on any atom is -0.484 e. The van der Waals surface area contributed by atoms with Gasteiger partial charge in [0.1, 0.15) is 22.9 Å². The molecule has 1 heterocycles. The Labute approximate surface area is 136 Å². The van der Waals surface area contributed by atoms with Crippen LogP contribution >= 0.6 is 0 Å². The molecule has 0 aliphatic carbocycles. The van der Waals surface area contributed by atoms with E-state index in [1.54, 1.807) is 26.0 Å². The maximum absolute atomic E-state index is 11.9. The van der Waals surface area contributed by atoms with Crippen LogP contribution in [0.5, 0.6) is 5.75 Å². The maximum atomic E-state index is 11.9. The molecule has 0 radical (unpaired) electrons. The molecule has 5 nitrogen and oxygen atoms in total. The Kier molecular flexibility index (Phi) is 5.11. The molecule has 0 fully saturated rings. The van der Waals surface area contributed by atoms with Crippen LogP contribution in [0.2, 0.25) is 0 Å². The summed E-state index contributed by atoms with van der Waals surface area (Å²) in [6.45, 7) is 7.35. The van der Waals surface area contributed by atoms with Gasteiger partial charge in [0.2, 0.25) is 0 Å². The van der Waals surface area contributed by atoms with Gasteiger partial charge in [-0.2, -0.15) is 0 Å². The highest BCUT2D eigenvalue weighted by molar-refractivity contribution is 5.77. The highest BCUT2D eigenvalue weighted by atomic mass is 16.5. The minimum absolute atomic E-state index is 0.0507. The van der Waals surface area contributed by atoms with Gasteiger partial charge >= 0.3 is 0 Å². The first kappa shape index (κ1) is 17.1. The van der Waals surface area contributed by atoms with Crippen molar-refractivity contribution in [1.82, 2.24) is 5.32 Å². The van der Waals surface area contributed by atoms with E-state index >= 15 is 0 Å². The number of ether oxygens (including phenoxy) is 1. The van der Waals surface area contributed by atoms with Gasteiger partial charge in [-0.15, -0.1) is 0 Å². The van der Waals surface area contributed by atoms with Crippen molar-refractivity contribution in [3.05, 3.63) is 53.0 Å². The molecular weight excluding hydrogens is 294 g/mol. The van der Waals surface area contributed by atoms with Crippen LogP contribution in [0.1, 0.15) is 29.6 Å². The first-order chi connectivity index (χ1) is 10.8. The van der Waals surface area contributed by atoms with Gasteiger partial charge in [0, 0.05) is 0 Å². The Morgan fingerprint density at radius 2 is 1.96 bits per heavy atom. The second-order valence-electron chi connectivity index (χ2n) is 6.00. The second-order valence-corrected chi connectivity index (χ2v) is 6.00. The number of aryl methyl sites for hydroxylation is 3. The third-order valence-electron chi connectivity index (χ3n) is 3.75. The third-order valence-corrected chi connectivity index (χ3v) is 3.75. The Bertz CT molecular complexity index is 688. The average Bonchev–Trinajstić information content (AvgIpc) is 2.94. The molecule has 1 amide bonds. The zero-order valence-corrected chi connectivity index (χ0v) is 14.0. The zero-order chi connectivity index (χ0) is 17.0. The van der Waals surface area contributed by atoms with Gasteiger partial charge in [0.15, 0.2) is 6.61 Å². The number of benzene rings is 1. The summed E-state index contributed by atoms with van der Waals surface area (Å²) < 4.78 is 10.9. The number of carbonyl (C=O) groups excluding carboxylic acids is 1. The number of nitrogens with one attached hydrogen (secondary N) is 1. The van der Waals surface area contributed by atoms with Gasteiger partial charge in [-0.05, 0) is 63.1 Å². The number of amides is 1. The van der Waals surface area contributed by atoms with Crippen LogP contribution in [0.3, 0.4) is 0 Å². The van der Waals surface area contributed by atoms with Crippen molar-refractivity contribution < 1.29 is 19.1 Å². The molecule has 2 rings (SSSR count). The highest BCUT2D eigenvalue weighted by Gasteiger charge is 2.27. The lowest BCUT2D eigenvalue weighted by atomic mass is 10.0. The van der Waals surface area contributed by atoms with Crippen LogP contribution in [0.15, 0.2) is 34.7 Å². The van der Waals surface area contributed by atoms with Crippen LogP contribution in [-0.2, 0) is 10.4 Å². The summed E-state index contributed by atoms with van der Waals surface area (Å²) >= 11 is 0. The number of hydrogen-bond donors (Lipinski definition) is 2. The van der Waals surface area contributed by atoms with Crippen LogP contribution in [0.4, 0.5) is 0 Å².